The Hall–Kier alpha value is -0.290. The van der Waals surface area contributed by atoms with Gasteiger partial charge in [-0.25, -0.2) is 13.2 Å². The van der Waals surface area contributed by atoms with Crippen molar-refractivity contribution >= 4 is 0 Å². The SMILES string of the molecule is CCOC(C)OC(F)C(F)F. The summed E-state index contributed by atoms with van der Waals surface area (Å²) in [6, 6.07) is 0. The van der Waals surface area contributed by atoms with Gasteiger partial charge < -0.3 is 9.47 Å². The summed E-state index contributed by atoms with van der Waals surface area (Å²) in [5.74, 6) is 0. The van der Waals surface area contributed by atoms with Crippen molar-refractivity contribution in [3.05, 3.63) is 0 Å². The first-order valence-corrected chi connectivity index (χ1v) is 3.27. The summed E-state index contributed by atoms with van der Waals surface area (Å²) in [7, 11) is 0. The average molecular weight is 172 g/mol. The molecule has 0 spiro atoms. The van der Waals surface area contributed by atoms with Gasteiger partial charge in [-0.05, 0) is 13.8 Å². The van der Waals surface area contributed by atoms with E-state index in [9.17, 15) is 13.2 Å². The van der Waals surface area contributed by atoms with E-state index in [0.29, 0.717) is 6.61 Å². The molecule has 0 radical (unpaired) electrons. The minimum absolute atomic E-state index is 0.303. The van der Waals surface area contributed by atoms with E-state index in [-0.39, 0.29) is 0 Å². The smallest absolute Gasteiger partial charge is 0.293 e. The van der Waals surface area contributed by atoms with Gasteiger partial charge in [-0.15, -0.1) is 0 Å². The molecular formula is C6H11F3O2. The third kappa shape index (κ3) is 5.03. The molecule has 0 aliphatic carbocycles. The quantitative estimate of drug-likeness (QED) is 0.590. The molecule has 11 heavy (non-hydrogen) atoms. The number of hydrogen-bond donors (Lipinski definition) is 0. The highest BCUT2D eigenvalue weighted by Crippen LogP contribution is 2.09. The Morgan fingerprint density at radius 2 is 1.82 bits per heavy atom. The van der Waals surface area contributed by atoms with Crippen LogP contribution in [-0.2, 0) is 9.47 Å². The van der Waals surface area contributed by atoms with Crippen LogP contribution < -0.4 is 0 Å². The van der Waals surface area contributed by atoms with Gasteiger partial charge in [0.1, 0.15) is 0 Å². The maximum atomic E-state index is 12.0. The Bertz CT molecular complexity index is 99.8. The predicted octanol–water partition coefficient (Wildman–Crippen LogP) is 1.95. The lowest BCUT2D eigenvalue weighted by Gasteiger charge is -2.15. The number of hydrogen-bond acceptors (Lipinski definition) is 2. The van der Waals surface area contributed by atoms with E-state index in [1.165, 1.54) is 6.92 Å². The zero-order valence-electron chi connectivity index (χ0n) is 6.39. The van der Waals surface area contributed by atoms with E-state index in [2.05, 4.69) is 9.47 Å². The van der Waals surface area contributed by atoms with Crippen molar-refractivity contribution in [2.24, 2.45) is 0 Å². The Labute approximate surface area is 63.3 Å². The Kier molecular flexibility index (Phi) is 5.23. The topological polar surface area (TPSA) is 18.5 Å². The van der Waals surface area contributed by atoms with Crippen LogP contribution in [0.4, 0.5) is 13.2 Å². The van der Waals surface area contributed by atoms with E-state index in [4.69, 9.17) is 0 Å². The number of rotatable bonds is 5. The fraction of sp³-hybridized carbons (Fsp3) is 1.00. The first-order valence-electron chi connectivity index (χ1n) is 3.27. The molecule has 0 heterocycles. The Morgan fingerprint density at radius 3 is 2.18 bits per heavy atom. The van der Waals surface area contributed by atoms with Gasteiger partial charge in [0.2, 0.25) is 0 Å². The molecule has 0 aliphatic rings. The Morgan fingerprint density at radius 1 is 1.27 bits per heavy atom. The highest BCUT2D eigenvalue weighted by molar-refractivity contribution is 4.43. The van der Waals surface area contributed by atoms with Crippen LogP contribution in [0.3, 0.4) is 0 Å². The van der Waals surface area contributed by atoms with Crippen LogP contribution in [-0.4, -0.2) is 25.7 Å². The molecule has 0 bridgehead atoms. The molecule has 2 nitrogen and oxygen atoms in total. The molecule has 0 amide bonds. The normalized spacial score (nSPS) is 16.9. The maximum absolute atomic E-state index is 12.0. The van der Waals surface area contributed by atoms with E-state index in [1.54, 1.807) is 6.92 Å². The summed E-state index contributed by atoms with van der Waals surface area (Å²) in [5.41, 5.74) is 0. The lowest BCUT2D eigenvalue weighted by molar-refractivity contribution is -0.227. The standard InChI is InChI=1S/C6H11F3O2/c1-3-10-4(2)11-6(9)5(7)8/h4-6H,3H2,1-2H3. The highest BCUT2D eigenvalue weighted by atomic mass is 19.3. The van der Waals surface area contributed by atoms with Gasteiger partial charge in [0, 0.05) is 6.61 Å². The lowest BCUT2D eigenvalue weighted by atomic mass is 10.6. The zero-order chi connectivity index (χ0) is 8.85. The minimum Gasteiger partial charge on any atom is -0.353 e. The number of halogens is 3. The van der Waals surface area contributed by atoms with Crippen LogP contribution in [0.1, 0.15) is 13.8 Å². The van der Waals surface area contributed by atoms with Crippen LogP contribution in [0.25, 0.3) is 0 Å². The zero-order valence-corrected chi connectivity index (χ0v) is 6.39. The summed E-state index contributed by atoms with van der Waals surface area (Å²) in [6.07, 6.45) is -6.60. The van der Waals surface area contributed by atoms with Gasteiger partial charge in [-0.2, -0.15) is 0 Å². The molecule has 68 valence electrons. The summed E-state index contributed by atoms with van der Waals surface area (Å²) in [4.78, 5) is 0. The number of ether oxygens (including phenoxy) is 2. The molecule has 0 aromatic rings. The van der Waals surface area contributed by atoms with Crippen molar-refractivity contribution in [3.8, 4) is 0 Å². The fourth-order valence-electron chi connectivity index (χ4n) is 0.516. The van der Waals surface area contributed by atoms with Gasteiger partial charge in [0.15, 0.2) is 6.29 Å². The average Bonchev–Trinajstić information content (AvgIpc) is 1.87. The molecular weight excluding hydrogens is 161 g/mol. The fourth-order valence-corrected chi connectivity index (χ4v) is 0.516. The van der Waals surface area contributed by atoms with E-state index >= 15 is 0 Å². The first-order chi connectivity index (χ1) is 5.07. The molecule has 0 saturated carbocycles. The molecule has 5 heteroatoms. The molecule has 0 aromatic heterocycles. The summed E-state index contributed by atoms with van der Waals surface area (Å²) >= 11 is 0. The highest BCUT2D eigenvalue weighted by Gasteiger charge is 2.22. The third-order valence-corrected chi connectivity index (χ3v) is 0.921. The molecule has 0 rings (SSSR count). The van der Waals surface area contributed by atoms with E-state index < -0.39 is 19.1 Å². The van der Waals surface area contributed by atoms with Crippen molar-refractivity contribution in [2.45, 2.75) is 32.9 Å². The summed E-state index contributed by atoms with van der Waals surface area (Å²) in [6.45, 7) is 3.32. The van der Waals surface area contributed by atoms with Gasteiger partial charge >= 0.3 is 0 Å². The van der Waals surface area contributed by atoms with Gasteiger partial charge in [0.05, 0.1) is 0 Å². The third-order valence-electron chi connectivity index (χ3n) is 0.921. The molecule has 0 N–H and O–H groups in total. The van der Waals surface area contributed by atoms with Gasteiger partial charge in [-0.3, -0.25) is 0 Å². The monoisotopic (exact) mass is 172 g/mol. The van der Waals surface area contributed by atoms with Crippen LogP contribution in [0.15, 0.2) is 0 Å². The second kappa shape index (κ2) is 5.37. The summed E-state index contributed by atoms with van der Waals surface area (Å²) in [5, 5.41) is 0. The maximum Gasteiger partial charge on any atom is 0.293 e. The second-order valence-corrected chi connectivity index (χ2v) is 1.84. The van der Waals surface area contributed by atoms with Crippen LogP contribution >= 0.6 is 0 Å². The molecule has 0 fully saturated rings. The van der Waals surface area contributed by atoms with E-state index in [0.717, 1.165) is 0 Å². The minimum atomic E-state index is -3.11. The van der Waals surface area contributed by atoms with Gasteiger partial charge in [0.25, 0.3) is 12.8 Å². The van der Waals surface area contributed by atoms with Crippen molar-refractivity contribution < 1.29 is 22.6 Å². The van der Waals surface area contributed by atoms with Crippen LogP contribution in [0.5, 0.6) is 0 Å². The van der Waals surface area contributed by atoms with Crippen molar-refractivity contribution in [2.75, 3.05) is 6.61 Å². The Balaban J connectivity index is 3.48. The number of alkyl halides is 3. The molecule has 0 aromatic carbocycles. The van der Waals surface area contributed by atoms with Gasteiger partial charge in [-0.1, -0.05) is 0 Å². The van der Waals surface area contributed by atoms with Crippen LogP contribution in [0, 0.1) is 0 Å². The van der Waals surface area contributed by atoms with Crippen molar-refractivity contribution in [3.63, 3.8) is 0 Å². The molecule has 2 atom stereocenters. The van der Waals surface area contributed by atoms with Crippen molar-refractivity contribution in [1.82, 2.24) is 0 Å². The predicted molar refractivity (Wildman–Crippen MR) is 33.1 cm³/mol. The molecule has 0 saturated heterocycles. The second-order valence-electron chi connectivity index (χ2n) is 1.84. The summed E-state index contributed by atoms with van der Waals surface area (Å²) < 4.78 is 43.8. The van der Waals surface area contributed by atoms with Crippen molar-refractivity contribution in [1.29, 1.82) is 0 Å². The molecule has 0 aliphatic heterocycles. The van der Waals surface area contributed by atoms with E-state index in [1.807, 2.05) is 0 Å². The lowest BCUT2D eigenvalue weighted by Crippen LogP contribution is -2.24. The molecule has 2 unspecified atom stereocenters. The first kappa shape index (κ1) is 10.7. The largest absolute Gasteiger partial charge is 0.353 e. The van der Waals surface area contributed by atoms with Crippen LogP contribution in [0.2, 0.25) is 0 Å².